The molecule has 1 amide bonds. The zero-order valence-electron chi connectivity index (χ0n) is 15.2. The molecular formula is C21H21Cl2NO4. The maximum atomic E-state index is 13.3. The fourth-order valence-electron chi connectivity index (χ4n) is 3.68. The topological polar surface area (TPSA) is 75.6 Å². The number of amides is 1. The van der Waals surface area contributed by atoms with Crippen LogP contribution in [0.3, 0.4) is 0 Å². The van der Waals surface area contributed by atoms with Crippen LogP contribution in [0.5, 0.6) is 5.75 Å². The van der Waals surface area contributed by atoms with E-state index in [0.717, 1.165) is 37.7 Å². The maximum absolute atomic E-state index is 13.3. The molecule has 0 aliphatic heterocycles. The van der Waals surface area contributed by atoms with Gasteiger partial charge in [0.05, 0.1) is 5.41 Å². The average Bonchev–Trinajstić information content (AvgIpc) is 2.68. The lowest BCUT2D eigenvalue weighted by Crippen LogP contribution is -2.42. The minimum absolute atomic E-state index is 0.101. The normalized spacial score (nSPS) is 15.6. The van der Waals surface area contributed by atoms with Crippen LogP contribution in [0.1, 0.15) is 37.7 Å². The van der Waals surface area contributed by atoms with Gasteiger partial charge in [0.25, 0.3) is 0 Å². The third-order valence-corrected chi connectivity index (χ3v) is 5.61. The lowest BCUT2D eigenvalue weighted by Gasteiger charge is -2.37. The highest BCUT2D eigenvalue weighted by Crippen LogP contribution is 2.43. The number of carbonyl (C=O) groups excluding carboxylic acids is 1. The Hall–Kier alpha value is -2.24. The van der Waals surface area contributed by atoms with E-state index in [9.17, 15) is 9.59 Å². The number of carboxylic acids is 1. The molecule has 2 N–H and O–H groups in total. The second-order valence-electron chi connectivity index (χ2n) is 6.93. The van der Waals surface area contributed by atoms with E-state index < -0.39 is 18.0 Å². The largest absolute Gasteiger partial charge is 0.482 e. The van der Waals surface area contributed by atoms with Crippen molar-refractivity contribution in [1.82, 2.24) is 0 Å². The van der Waals surface area contributed by atoms with Gasteiger partial charge >= 0.3 is 5.97 Å². The summed E-state index contributed by atoms with van der Waals surface area (Å²) in [6, 6.07) is 11.9. The zero-order valence-corrected chi connectivity index (χ0v) is 16.7. The van der Waals surface area contributed by atoms with E-state index in [1.807, 2.05) is 6.07 Å². The highest BCUT2D eigenvalue weighted by atomic mass is 35.5. The predicted molar refractivity (Wildman–Crippen MR) is 109 cm³/mol. The Balaban J connectivity index is 1.81. The van der Waals surface area contributed by atoms with Crippen LogP contribution in [-0.2, 0) is 15.0 Å². The number of halogens is 2. The van der Waals surface area contributed by atoms with Crippen molar-refractivity contribution in [3.05, 3.63) is 58.1 Å². The third kappa shape index (κ3) is 4.59. The number of nitrogens with one attached hydrogen (secondary N) is 1. The standard InChI is InChI=1S/C21H21Cl2NO4/c22-14-4-9-17(18(23)12-14)21(10-2-1-3-11-21)20(27)24-15-5-7-16(8-6-15)28-13-19(25)26/h4-9,12H,1-3,10-11,13H2,(H,24,27)(H,25,26). The van der Waals surface area contributed by atoms with Crippen molar-refractivity contribution in [2.24, 2.45) is 0 Å². The molecule has 7 heteroatoms. The van der Waals surface area contributed by atoms with Gasteiger partial charge in [-0.1, -0.05) is 48.5 Å². The summed E-state index contributed by atoms with van der Waals surface area (Å²) in [4.78, 5) is 23.9. The summed E-state index contributed by atoms with van der Waals surface area (Å²) < 4.78 is 5.12. The first-order valence-corrected chi connectivity index (χ1v) is 9.88. The SMILES string of the molecule is O=C(O)COc1ccc(NC(=O)C2(c3ccc(Cl)cc3Cl)CCCCC2)cc1. The Kier molecular flexibility index (Phi) is 6.47. The van der Waals surface area contributed by atoms with Crippen molar-refractivity contribution in [3.8, 4) is 5.75 Å². The molecule has 0 aromatic heterocycles. The van der Waals surface area contributed by atoms with E-state index in [0.29, 0.717) is 21.5 Å². The van der Waals surface area contributed by atoms with E-state index in [1.54, 1.807) is 36.4 Å². The molecular weight excluding hydrogens is 401 g/mol. The molecule has 1 aliphatic rings. The predicted octanol–water partition coefficient (Wildman–Crippen LogP) is 5.30. The van der Waals surface area contributed by atoms with Gasteiger partial charge in [-0.15, -0.1) is 0 Å². The van der Waals surface area contributed by atoms with Crippen molar-refractivity contribution in [2.75, 3.05) is 11.9 Å². The van der Waals surface area contributed by atoms with E-state index in [2.05, 4.69) is 5.32 Å². The number of carboxylic acid groups (broad SMARTS) is 1. The monoisotopic (exact) mass is 421 g/mol. The number of aliphatic carboxylic acids is 1. The molecule has 2 aromatic carbocycles. The van der Waals surface area contributed by atoms with Crippen molar-refractivity contribution < 1.29 is 19.4 Å². The Bertz CT molecular complexity index is 861. The Morgan fingerprint density at radius 2 is 1.71 bits per heavy atom. The fraction of sp³-hybridized carbons (Fsp3) is 0.333. The Morgan fingerprint density at radius 3 is 2.32 bits per heavy atom. The molecule has 28 heavy (non-hydrogen) atoms. The highest BCUT2D eigenvalue weighted by molar-refractivity contribution is 6.35. The zero-order chi connectivity index (χ0) is 20.1. The smallest absolute Gasteiger partial charge is 0.341 e. The number of rotatable bonds is 6. The first-order chi connectivity index (χ1) is 13.4. The number of ether oxygens (including phenoxy) is 1. The average molecular weight is 422 g/mol. The van der Waals surface area contributed by atoms with Crippen LogP contribution in [0, 0.1) is 0 Å². The van der Waals surface area contributed by atoms with Gasteiger partial charge in [-0.2, -0.15) is 0 Å². The first kappa shape index (κ1) is 20.5. The van der Waals surface area contributed by atoms with Crippen LogP contribution in [0.15, 0.2) is 42.5 Å². The molecule has 148 valence electrons. The van der Waals surface area contributed by atoms with Crippen molar-refractivity contribution >= 4 is 40.8 Å². The highest BCUT2D eigenvalue weighted by Gasteiger charge is 2.42. The summed E-state index contributed by atoms with van der Waals surface area (Å²) in [5.74, 6) is -0.722. The fourth-order valence-corrected chi connectivity index (χ4v) is 4.27. The number of carbonyl (C=O) groups is 2. The minimum atomic E-state index is -1.04. The molecule has 3 rings (SSSR count). The molecule has 0 spiro atoms. The van der Waals surface area contributed by atoms with Crippen molar-refractivity contribution in [1.29, 1.82) is 0 Å². The van der Waals surface area contributed by atoms with Crippen LogP contribution in [-0.4, -0.2) is 23.6 Å². The van der Waals surface area contributed by atoms with Crippen LogP contribution >= 0.6 is 23.2 Å². The second kappa shape index (κ2) is 8.84. The van der Waals surface area contributed by atoms with E-state index >= 15 is 0 Å². The van der Waals surface area contributed by atoms with Crippen LogP contribution in [0.2, 0.25) is 10.0 Å². The summed E-state index contributed by atoms with van der Waals surface area (Å²) in [5, 5.41) is 12.7. The maximum Gasteiger partial charge on any atom is 0.341 e. The number of benzene rings is 2. The molecule has 2 aromatic rings. The van der Waals surface area contributed by atoms with Gasteiger partial charge in [0.1, 0.15) is 5.75 Å². The molecule has 0 unspecified atom stereocenters. The Morgan fingerprint density at radius 1 is 1.04 bits per heavy atom. The third-order valence-electron chi connectivity index (χ3n) is 5.06. The van der Waals surface area contributed by atoms with Gasteiger partial charge < -0.3 is 15.2 Å². The quantitative estimate of drug-likeness (QED) is 0.663. The summed E-state index contributed by atoms with van der Waals surface area (Å²) in [7, 11) is 0. The van der Waals surface area contributed by atoms with Crippen LogP contribution in [0.4, 0.5) is 5.69 Å². The van der Waals surface area contributed by atoms with E-state index in [4.69, 9.17) is 33.0 Å². The summed E-state index contributed by atoms with van der Waals surface area (Å²) in [6.45, 7) is -0.413. The molecule has 1 saturated carbocycles. The van der Waals surface area contributed by atoms with E-state index in [1.165, 1.54) is 0 Å². The van der Waals surface area contributed by atoms with Gasteiger partial charge in [0.15, 0.2) is 6.61 Å². The number of hydrogen-bond acceptors (Lipinski definition) is 3. The summed E-state index contributed by atoms with van der Waals surface area (Å²) in [6.07, 6.45) is 4.44. The van der Waals surface area contributed by atoms with Crippen LogP contribution < -0.4 is 10.1 Å². The molecule has 0 radical (unpaired) electrons. The van der Waals surface area contributed by atoms with E-state index in [-0.39, 0.29) is 5.91 Å². The van der Waals surface area contributed by atoms with Gasteiger partial charge in [-0.25, -0.2) is 4.79 Å². The Labute approximate surface area is 173 Å². The van der Waals surface area contributed by atoms with Gasteiger partial charge in [-0.05, 0) is 54.8 Å². The number of anilines is 1. The molecule has 0 heterocycles. The molecule has 0 saturated heterocycles. The minimum Gasteiger partial charge on any atom is -0.482 e. The lowest BCUT2D eigenvalue weighted by molar-refractivity contribution is -0.139. The first-order valence-electron chi connectivity index (χ1n) is 9.12. The lowest BCUT2D eigenvalue weighted by atomic mass is 9.68. The second-order valence-corrected chi connectivity index (χ2v) is 7.77. The van der Waals surface area contributed by atoms with Crippen molar-refractivity contribution in [3.63, 3.8) is 0 Å². The van der Waals surface area contributed by atoms with Crippen LogP contribution in [0.25, 0.3) is 0 Å². The number of hydrogen-bond donors (Lipinski definition) is 2. The van der Waals surface area contributed by atoms with Crippen molar-refractivity contribution in [2.45, 2.75) is 37.5 Å². The summed E-state index contributed by atoms with van der Waals surface area (Å²) >= 11 is 12.5. The molecule has 1 fully saturated rings. The van der Waals surface area contributed by atoms with Gasteiger partial charge in [0.2, 0.25) is 5.91 Å². The molecule has 1 aliphatic carbocycles. The summed E-state index contributed by atoms with van der Waals surface area (Å²) in [5.41, 5.74) is 0.721. The van der Waals surface area contributed by atoms with Gasteiger partial charge in [0, 0.05) is 15.7 Å². The van der Waals surface area contributed by atoms with Gasteiger partial charge in [-0.3, -0.25) is 4.79 Å². The molecule has 5 nitrogen and oxygen atoms in total. The molecule has 0 atom stereocenters. The molecule has 0 bridgehead atoms.